The van der Waals surface area contributed by atoms with Crippen molar-refractivity contribution in [3.8, 4) is 11.5 Å². The van der Waals surface area contributed by atoms with E-state index in [1.807, 2.05) is 13.8 Å². The molecule has 0 aliphatic heterocycles. The first-order chi connectivity index (χ1) is 6.61. The molecule has 0 unspecified atom stereocenters. The number of aromatic hydroxyl groups is 1. The monoisotopic (exact) mass is 311 g/mol. The summed E-state index contributed by atoms with van der Waals surface area (Å²) in [7, 11) is 1.60. The normalized spacial score (nSPS) is 10.3. The topological polar surface area (TPSA) is 42.4 Å². The van der Waals surface area contributed by atoms with E-state index < -0.39 is 0 Å². The first-order valence-electron chi connectivity index (χ1n) is 4.48. The molecule has 0 aliphatic carbocycles. The quantitative estimate of drug-likeness (QED) is 0.853. The molecular weight excluding hydrogens is 294 g/mol. The van der Waals surface area contributed by atoms with E-state index in [4.69, 9.17) is 4.74 Å². The van der Waals surface area contributed by atoms with Crippen LogP contribution in [0.4, 0.5) is 0 Å². The van der Waals surface area contributed by atoms with E-state index in [-0.39, 0.29) is 20.9 Å². The summed E-state index contributed by atoms with van der Waals surface area (Å²) in [6, 6.07) is 0. The van der Waals surface area contributed by atoms with Gasteiger partial charge in [-0.2, -0.15) is 0 Å². The van der Waals surface area contributed by atoms with Gasteiger partial charge in [0.25, 0.3) is 0 Å². The molecule has 78 valence electrons. The van der Waals surface area contributed by atoms with Gasteiger partial charge in [-0.3, -0.25) is 0 Å². The molecule has 3 nitrogen and oxygen atoms in total. The van der Waals surface area contributed by atoms with Crippen LogP contribution in [-0.4, -0.2) is 38.1 Å². The van der Waals surface area contributed by atoms with E-state index in [2.05, 4.69) is 11.9 Å². The van der Waals surface area contributed by atoms with E-state index in [1.54, 1.807) is 7.11 Å². The molecule has 0 fully saturated rings. The van der Waals surface area contributed by atoms with Crippen LogP contribution >= 0.6 is 0 Å². The van der Waals surface area contributed by atoms with E-state index in [0.717, 1.165) is 19.5 Å². The number of rotatable bonds is 3. The Morgan fingerprint density at radius 1 is 1.43 bits per heavy atom. The Bertz CT molecular complexity index is 339. The summed E-state index contributed by atoms with van der Waals surface area (Å²) >= 11 is -0.335. The number of hydrogen-bond donors (Lipinski definition) is 1. The van der Waals surface area contributed by atoms with E-state index >= 15 is 0 Å². The SMILES string of the molecule is CC[Te]c1nc(C)c(OC)c(C)c1O. The molecule has 1 aromatic heterocycles. The molecule has 0 atom stereocenters. The number of aromatic nitrogens is 1. The maximum absolute atomic E-state index is 9.86. The fourth-order valence-electron chi connectivity index (χ4n) is 1.33. The molecule has 14 heavy (non-hydrogen) atoms. The Labute approximate surface area is 94.6 Å². The number of nitrogens with zero attached hydrogens (tertiary/aromatic N) is 1. The molecular formula is C10H15NO2Te. The van der Waals surface area contributed by atoms with Crippen LogP contribution in [0.3, 0.4) is 0 Å². The summed E-state index contributed by atoms with van der Waals surface area (Å²) in [5.41, 5.74) is 1.69. The van der Waals surface area contributed by atoms with Gasteiger partial charge in [0.2, 0.25) is 0 Å². The average molecular weight is 309 g/mol. The summed E-state index contributed by atoms with van der Waals surface area (Å²) < 4.78 is 7.19. The van der Waals surface area contributed by atoms with Gasteiger partial charge in [-0.15, -0.1) is 0 Å². The van der Waals surface area contributed by atoms with Crippen molar-refractivity contribution in [1.82, 2.24) is 4.98 Å². The zero-order valence-electron chi connectivity index (χ0n) is 8.92. The third kappa shape index (κ3) is 2.13. The fourth-order valence-corrected chi connectivity index (χ4v) is 3.52. The van der Waals surface area contributed by atoms with Gasteiger partial charge in [0.15, 0.2) is 0 Å². The summed E-state index contributed by atoms with van der Waals surface area (Å²) in [6.07, 6.45) is 0. The molecule has 0 bridgehead atoms. The molecule has 0 amide bonds. The second-order valence-corrected chi connectivity index (χ2v) is 6.52. The van der Waals surface area contributed by atoms with Crippen LogP contribution < -0.4 is 8.48 Å². The van der Waals surface area contributed by atoms with Crippen LogP contribution in [0.25, 0.3) is 0 Å². The van der Waals surface area contributed by atoms with Crippen molar-refractivity contribution in [2.75, 3.05) is 7.11 Å². The van der Waals surface area contributed by atoms with Crippen molar-refractivity contribution >= 4 is 24.7 Å². The van der Waals surface area contributed by atoms with Crippen molar-refractivity contribution in [1.29, 1.82) is 0 Å². The molecule has 1 N–H and O–H groups in total. The third-order valence-corrected chi connectivity index (χ3v) is 4.40. The van der Waals surface area contributed by atoms with Crippen LogP contribution in [0.2, 0.25) is 4.47 Å². The molecule has 0 aliphatic rings. The van der Waals surface area contributed by atoms with Gasteiger partial charge in [-0.25, -0.2) is 0 Å². The van der Waals surface area contributed by atoms with E-state index in [0.29, 0.717) is 11.5 Å². The molecule has 1 heterocycles. The second-order valence-electron chi connectivity index (χ2n) is 2.94. The minimum atomic E-state index is -0.335. The molecule has 1 aromatic rings. The summed E-state index contributed by atoms with van der Waals surface area (Å²) in [5, 5.41) is 9.86. The Morgan fingerprint density at radius 3 is 2.57 bits per heavy atom. The maximum atomic E-state index is 9.86. The summed E-state index contributed by atoms with van der Waals surface area (Å²) in [4.78, 5) is 4.38. The molecule has 0 saturated heterocycles. The van der Waals surface area contributed by atoms with Crippen LogP contribution in [0.15, 0.2) is 0 Å². The second kappa shape index (κ2) is 4.86. The zero-order chi connectivity index (χ0) is 10.7. The number of hydrogen-bond acceptors (Lipinski definition) is 3. The third-order valence-electron chi connectivity index (χ3n) is 1.98. The average Bonchev–Trinajstić information content (AvgIpc) is 2.15. The van der Waals surface area contributed by atoms with E-state index in [1.165, 1.54) is 0 Å². The van der Waals surface area contributed by atoms with Gasteiger partial charge in [-0.1, -0.05) is 0 Å². The Balaban J connectivity index is 3.25. The first kappa shape index (κ1) is 11.6. The first-order valence-corrected chi connectivity index (χ1v) is 7.30. The molecule has 0 aromatic carbocycles. The Kier molecular flexibility index (Phi) is 4.03. The van der Waals surface area contributed by atoms with Crippen LogP contribution in [0.1, 0.15) is 18.2 Å². The number of ether oxygens (including phenoxy) is 1. The summed E-state index contributed by atoms with van der Waals surface area (Å²) in [6.45, 7) is 5.91. The summed E-state index contributed by atoms with van der Waals surface area (Å²) in [5.74, 6) is 1.03. The van der Waals surface area contributed by atoms with Crippen LogP contribution in [0, 0.1) is 13.8 Å². The molecule has 0 saturated carbocycles. The standard InChI is InChI=1S/C10H15NO2Te/c1-5-14-10-8(12)6(2)9(13-4)7(3)11-10/h12H,5H2,1-4H3. The van der Waals surface area contributed by atoms with Gasteiger partial charge in [0.1, 0.15) is 0 Å². The van der Waals surface area contributed by atoms with Crippen molar-refractivity contribution in [3.63, 3.8) is 0 Å². The van der Waals surface area contributed by atoms with Crippen LogP contribution in [0.5, 0.6) is 11.5 Å². The zero-order valence-corrected chi connectivity index (χ0v) is 11.2. The van der Waals surface area contributed by atoms with E-state index in [9.17, 15) is 5.11 Å². The van der Waals surface area contributed by atoms with Gasteiger partial charge in [0.05, 0.1) is 0 Å². The molecule has 0 spiro atoms. The number of methoxy groups -OCH3 is 1. The number of pyridine rings is 1. The van der Waals surface area contributed by atoms with Crippen LogP contribution in [-0.2, 0) is 0 Å². The minimum absolute atomic E-state index is 0.330. The molecule has 0 radical (unpaired) electrons. The predicted molar refractivity (Wildman–Crippen MR) is 57.8 cm³/mol. The predicted octanol–water partition coefficient (Wildman–Crippen LogP) is 1.18. The molecule has 1 rings (SSSR count). The fraction of sp³-hybridized carbons (Fsp3) is 0.500. The van der Waals surface area contributed by atoms with Crippen molar-refractivity contribution < 1.29 is 9.84 Å². The van der Waals surface area contributed by atoms with Gasteiger partial charge in [-0.05, 0) is 0 Å². The van der Waals surface area contributed by atoms with Crippen molar-refractivity contribution in [2.24, 2.45) is 0 Å². The van der Waals surface area contributed by atoms with Crippen molar-refractivity contribution in [2.45, 2.75) is 25.2 Å². The van der Waals surface area contributed by atoms with Gasteiger partial charge >= 0.3 is 94.6 Å². The van der Waals surface area contributed by atoms with Gasteiger partial charge in [0, 0.05) is 0 Å². The van der Waals surface area contributed by atoms with Gasteiger partial charge < -0.3 is 0 Å². The Morgan fingerprint density at radius 2 is 2.07 bits per heavy atom. The Hall–Kier alpha value is -0.460. The number of aryl methyl sites for hydroxylation is 1. The molecule has 4 heteroatoms. The van der Waals surface area contributed by atoms with Crippen molar-refractivity contribution in [3.05, 3.63) is 11.3 Å².